The summed E-state index contributed by atoms with van der Waals surface area (Å²) in [5, 5.41) is 19.7. The van der Waals surface area contributed by atoms with E-state index in [-0.39, 0.29) is 18.7 Å². The number of benzene rings is 1. The van der Waals surface area contributed by atoms with Crippen LogP contribution in [0.15, 0.2) is 50.2 Å². The largest absolute Gasteiger partial charge is 0.437 e. The van der Waals surface area contributed by atoms with E-state index in [2.05, 4.69) is 20.9 Å². The minimum Gasteiger partial charge on any atom is -0.437 e. The zero-order valence-electron chi connectivity index (χ0n) is 13.0. The van der Waals surface area contributed by atoms with Crippen LogP contribution in [0, 0.1) is 0 Å². The monoisotopic (exact) mass is 406 g/mol. The van der Waals surface area contributed by atoms with Gasteiger partial charge in [-0.1, -0.05) is 34.1 Å². The number of rotatable bonds is 3. The van der Waals surface area contributed by atoms with E-state index in [4.69, 9.17) is 9.15 Å². The smallest absolute Gasteiger partial charge is 0.353 e. The summed E-state index contributed by atoms with van der Waals surface area (Å²) in [6, 6.07) is 9.39. The SMILES string of the molecule is O=c1nc2oc(-c3ccccc3Br)cc2cn1[C@H]1C[C@H](O)[C@@H](CO)O1. The lowest BCUT2D eigenvalue weighted by molar-refractivity contribution is -0.0457. The molecule has 1 aromatic carbocycles. The maximum Gasteiger partial charge on any atom is 0.353 e. The third kappa shape index (κ3) is 2.91. The van der Waals surface area contributed by atoms with Gasteiger partial charge in [0.1, 0.15) is 18.1 Å². The Hall–Kier alpha value is -2.00. The van der Waals surface area contributed by atoms with Crippen molar-refractivity contribution in [3.63, 3.8) is 0 Å². The summed E-state index contributed by atoms with van der Waals surface area (Å²) in [5.41, 5.74) is 0.563. The molecule has 25 heavy (non-hydrogen) atoms. The van der Waals surface area contributed by atoms with Gasteiger partial charge in [-0.25, -0.2) is 4.79 Å². The Balaban J connectivity index is 1.75. The second-order valence-electron chi connectivity index (χ2n) is 5.90. The van der Waals surface area contributed by atoms with Crippen molar-refractivity contribution in [2.45, 2.75) is 24.9 Å². The molecule has 1 aliphatic rings. The molecule has 0 amide bonds. The molecule has 1 fully saturated rings. The third-order valence-corrected chi connectivity index (χ3v) is 4.96. The first-order valence-electron chi connectivity index (χ1n) is 7.79. The number of fused-ring (bicyclic) bond motifs is 1. The van der Waals surface area contributed by atoms with Gasteiger partial charge in [-0.15, -0.1) is 0 Å². The van der Waals surface area contributed by atoms with Crippen LogP contribution in [0.4, 0.5) is 0 Å². The number of ether oxygens (including phenoxy) is 1. The molecule has 0 spiro atoms. The second kappa shape index (κ2) is 6.38. The number of aliphatic hydroxyl groups excluding tert-OH is 2. The lowest BCUT2D eigenvalue weighted by atomic mass is 10.2. The first-order valence-corrected chi connectivity index (χ1v) is 8.58. The highest BCUT2D eigenvalue weighted by molar-refractivity contribution is 9.10. The van der Waals surface area contributed by atoms with Crippen molar-refractivity contribution in [1.29, 1.82) is 0 Å². The van der Waals surface area contributed by atoms with Gasteiger partial charge in [-0.3, -0.25) is 4.57 Å². The Morgan fingerprint density at radius 2 is 2.16 bits per heavy atom. The summed E-state index contributed by atoms with van der Waals surface area (Å²) in [4.78, 5) is 16.3. The van der Waals surface area contributed by atoms with Gasteiger partial charge in [0.2, 0.25) is 5.71 Å². The molecule has 3 atom stereocenters. The fourth-order valence-corrected chi connectivity index (χ4v) is 3.46. The van der Waals surface area contributed by atoms with Crippen LogP contribution in [-0.4, -0.2) is 38.6 Å². The van der Waals surface area contributed by atoms with Gasteiger partial charge in [-0.05, 0) is 12.1 Å². The van der Waals surface area contributed by atoms with Gasteiger partial charge in [0.05, 0.1) is 18.1 Å². The molecule has 8 heteroatoms. The van der Waals surface area contributed by atoms with E-state index in [0.717, 1.165) is 10.0 Å². The molecule has 1 aliphatic heterocycles. The molecule has 4 rings (SSSR count). The molecule has 2 N–H and O–H groups in total. The van der Waals surface area contributed by atoms with Crippen molar-refractivity contribution in [1.82, 2.24) is 9.55 Å². The number of halogens is 1. The van der Waals surface area contributed by atoms with Gasteiger partial charge >= 0.3 is 5.69 Å². The average molecular weight is 407 g/mol. The normalized spacial score (nSPS) is 23.4. The van der Waals surface area contributed by atoms with Crippen LogP contribution in [-0.2, 0) is 4.74 Å². The third-order valence-electron chi connectivity index (χ3n) is 4.27. The van der Waals surface area contributed by atoms with E-state index < -0.39 is 24.1 Å². The molecule has 130 valence electrons. The highest BCUT2D eigenvalue weighted by Crippen LogP contribution is 2.33. The standard InChI is InChI=1S/C17H15BrN2O5/c18-11-4-2-1-3-10(11)13-5-9-7-20(17(23)19-16(9)25-13)15-6-12(22)14(8-21)24-15/h1-5,7,12,14-15,21-22H,6,8H2/t12-,14+,15+/m0/s1. The lowest BCUT2D eigenvalue weighted by Crippen LogP contribution is -2.27. The Labute approximate surface area is 150 Å². The predicted molar refractivity (Wildman–Crippen MR) is 93.0 cm³/mol. The first kappa shape index (κ1) is 16.5. The predicted octanol–water partition coefficient (Wildman–Crippen LogP) is 2.06. The topological polar surface area (TPSA) is 97.7 Å². The highest BCUT2D eigenvalue weighted by Gasteiger charge is 2.35. The van der Waals surface area contributed by atoms with Gasteiger partial charge in [0.15, 0.2) is 0 Å². The molecule has 2 aromatic heterocycles. The average Bonchev–Trinajstić information content (AvgIpc) is 3.17. The number of furan rings is 1. The van der Waals surface area contributed by atoms with Crippen molar-refractivity contribution in [2.24, 2.45) is 0 Å². The maximum absolute atomic E-state index is 12.3. The Kier molecular flexibility index (Phi) is 4.20. The molecule has 3 aromatic rings. The number of hydrogen-bond acceptors (Lipinski definition) is 6. The van der Waals surface area contributed by atoms with Crippen molar-refractivity contribution in [2.75, 3.05) is 6.61 Å². The molecular weight excluding hydrogens is 392 g/mol. The van der Waals surface area contributed by atoms with Crippen molar-refractivity contribution < 1.29 is 19.4 Å². The van der Waals surface area contributed by atoms with Crippen LogP contribution in [0.1, 0.15) is 12.6 Å². The maximum atomic E-state index is 12.3. The molecule has 0 bridgehead atoms. The lowest BCUT2D eigenvalue weighted by Gasteiger charge is -2.13. The minimum absolute atomic E-state index is 0.216. The number of aliphatic hydroxyl groups is 2. The zero-order chi connectivity index (χ0) is 17.6. The summed E-state index contributed by atoms with van der Waals surface area (Å²) >= 11 is 3.48. The second-order valence-corrected chi connectivity index (χ2v) is 6.75. The van der Waals surface area contributed by atoms with Crippen molar-refractivity contribution >= 4 is 27.0 Å². The molecular formula is C17H15BrN2O5. The fraction of sp³-hybridized carbons (Fsp3) is 0.294. The summed E-state index contributed by atoms with van der Waals surface area (Å²) < 4.78 is 13.4. The zero-order valence-corrected chi connectivity index (χ0v) is 14.6. The van der Waals surface area contributed by atoms with Gasteiger partial charge < -0.3 is 19.4 Å². The van der Waals surface area contributed by atoms with E-state index in [9.17, 15) is 15.0 Å². The molecule has 0 saturated carbocycles. The van der Waals surface area contributed by atoms with E-state index in [1.54, 1.807) is 12.3 Å². The molecule has 7 nitrogen and oxygen atoms in total. The number of hydrogen-bond donors (Lipinski definition) is 2. The van der Waals surface area contributed by atoms with Crippen LogP contribution < -0.4 is 5.69 Å². The van der Waals surface area contributed by atoms with Crippen LogP contribution in [0.3, 0.4) is 0 Å². The van der Waals surface area contributed by atoms with Crippen LogP contribution >= 0.6 is 15.9 Å². The Bertz CT molecular complexity index is 983. The van der Waals surface area contributed by atoms with Crippen molar-refractivity contribution in [3.05, 3.63) is 51.5 Å². The Morgan fingerprint density at radius 1 is 1.36 bits per heavy atom. The van der Waals surface area contributed by atoms with E-state index in [1.807, 2.05) is 24.3 Å². The van der Waals surface area contributed by atoms with Gasteiger partial charge in [0, 0.05) is 22.7 Å². The molecule has 3 heterocycles. The summed E-state index contributed by atoms with van der Waals surface area (Å²) in [5.74, 6) is 0.590. The number of nitrogens with zero attached hydrogens (tertiary/aromatic N) is 2. The van der Waals surface area contributed by atoms with Crippen molar-refractivity contribution in [3.8, 4) is 11.3 Å². The Morgan fingerprint density at radius 3 is 2.88 bits per heavy atom. The van der Waals surface area contributed by atoms with E-state index in [1.165, 1.54) is 4.57 Å². The summed E-state index contributed by atoms with van der Waals surface area (Å²) in [6.45, 7) is -0.306. The van der Waals surface area contributed by atoms with E-state index in [0.29, 0.717) is 11.1 Å². The molecule has 0 radical (unpaired) electrons. The molecule has 1 saturated heterocycles. The summed E-state index contributed by atoms with van der Waals surface area (Å²) in [7, 11) is 0. The summed E-state index contributed by atoms with van der Waals surface area (Å²) in [6.07, 6.45) is -0.372. The number of aromatic nitrogens is 2. The molecule has 0 unspecified atom stereocenters. The van der Waals surface area contributed by atoms with Gasteiger partial charge in [-0.2, -0.15) is 4.98 Å². The first-order chi connectivity index (χ1) is 12.1. The van der Waals surface area contributed by atoms with Crippen LogP contribution in [0.2, 0.25) is 0 Å². The van der Waals surface area contributed by atoms with E-state index >= 15 is 0 Å². The minimum atomic E-state index is -0.821. The highest BCUT2D eigenvalue weighted by atomic mass is 79.9. The van der Waals surface area contributed by atoms with Crippen LogP contribution in [0.5, 0.6) is 0 Å². The van der Waals surface area contributed by atoms with Crippen LogP contribution in [0.25, 0.3) is 22.4 Å². The van der Waals surface area contributed by atoms with Gasteiger partial charge in [0.25, 0.3) is 0 Å². The molecule has 0 aliphatic carbocycles. The fourth-order valence-electron chi connectivity index (χ4n) is 2.98. The quantitative estimate of drug-likeness (QED) is 0.690.